The maximum Gasteiger partial charge on any atom is 0.103 e. The second kappa shape index (κ2) is 7.06. The standard InChI is InChI=1S/C15H14Cl3NS/c1-19(2)9-10-3-4-11(16)7-14(10)20-15-8-12(17)5-6-13(15)18/h3-8H,9H2,1-2H3/p+1. The fourth-order valence-corrected chi connectivity index (χ4v) is 3.58. The van der Waals surface area contributed by atoms with E-state index in [-0.39, 0.29) is 0 Å². The zero-order valence-corrected chi connectivity index (χ0v) is 14.3. The summed E-state index contributed by atoms with van der Waals surface area (Å²) in [6, 6.07) is 11.4. The van der Waals surface area contributed by atoms with Gasteiger partial charge in [-0.3, -0.25) is 0 Å². The average molecular weight is 348 g/mol. The molecule has 0 atom stereocenters. The summed E-state index contributed by atoms with van der Waals surface area (Å²) in [5.74, 6) is 0. The first kappa shape index (κ1) is 16.0. The summed E-state index contributed by atoms with van der Waals surface area (Å²) in [6.07, 6.45) is 0. The van der Waals surface area contributed by atoms with E-state index in [0.29, 0.717) is 10.0 Å². The van der Waals surface area contributed by atoms with Gasteiger partial charge in [0, 0.05) is 25.4 Å². The molecule has 0 bridgehead atoms. The maximum atomic E-state index is 6.23. The SMILES string of the molecule is C[NH+](C)Cc1ccc(Cl)cc1Sc1cc(Cl)ccc1Cl. The molecule has 0 amide bonds. The van der Waals surface area contributed by atoms with E-state index in [1.54, 1.807) is 17.8 Å². The minimum atomic E-state index is 0.679. The third-order valence-electron chi connectivity index (χ3n) is 2.69. The topological polar surface area (TPSA) is 4.44 Å². The van der Waals surface area contributed by atoms with Crippen molar-refractivity contribution in [1.29, 1.82) is 0 Å². The molecule has 0 aromatic heterocycles. The largest absolute Gasteiger partial charge is 0.336 e. The van der Waals surface area contributed by atoms with Crippen molar-refractivity contribution in [2.24, 2.45) is 0 Å². The molecule has 0 aliphatic heterocycles. The smallest absolute Gasteiger partial charge is 0.103 e. The molecule has 106 valence electrons. The molecule has 0 saturated heterocycles. The van der Waals surface area contributed by atoms with Gasteiger partial charge in [0.25, 0.3) is 0 Å². The molecule has 0 unspecified atom stereocenters. The number of hydrogen-bond donors (Lipinski definition) is 1. The predicted molar refractivity (Wildman–Crippen MR) is 88.6 cm³/mol. The first-order valence-electron chi connectivity index (χ1n) is 6.16. The molecular weight excluding hydrogens is 333 g/mol. The maximum absolute atomic E-state index is 6.23. The van der Waals surface area contributed by atoms with Crippen LogP contribution >= 0.6 is 46.6 Å². The van der Waals surface area contributed by atoms with Crippen LogP contribution in [0.5, 0.6) is 0 Å². The monoisotopic (exact) mass is 346 g/mol. The third-order valence-corrected chi connectivity index (χ3v) is 4.76. The van der Waals surface area contributed by atoms with Crippen molar-refractivity contribution >= 4 is 46.6 Å². The van der Waals surface area contributed by atoms with Crippen molar-refractivity contribution < 1.29 is 4.90 Å². The number of quaternary nitrogens is 1. The molecule has 0 aliphatic carbocycles. The van der Waals surface area contributed by atoms with Crippen LogP contribution in [0.2, 0.25) is 15.1 Å². The Balaban J connectivity index is 2.36. The van der Waals surface area contributed by atoms with Crippen LogP contribution in [0.3, 0.4) is 0 Å². The lowest BCUT2D eigenvalue weighted by atomic mass is 10.2. The van der Waals surface area contributed by atoms with Gasteiger partial charge >= 0.3 is 0 Å². The molecule has 2 aromatic carbocycles. The van der Waals surface area contributed by atoms with Gasteiger partial charge in [-0.05, 0) is 30.3 Å². The van der Waals surface area contributed by atoms with Gasteiger partial charge in [-0.15, -0.1) is 0 Å². The van der Waals surface area contributed by atoms with E-state index in [1.807, 2.05) is 24.3 Å². The lowest BCUT2D eigenvalue weighted by Crippen LogP contribution is -3.04. The van der Waals surface area contributed by atoms with Gasteiger partial charge in [-0.25, -0.2) is 0 Å². The molecule has 0 spiro atoms. The Labute approximate surface area is 138 Å². The second-order valence-electron chi connectivity index (χ2n) is 4.81. The van der Waals surface area contributed by atoms with Crippen LogP contribution in [0, 0.1) is 0 Å². The van der Waals surface area contributed by atoms with E-state index >= 15 is 0 Å². The summed E-state index contributed by atoms with van der Waals surface area (Å²) in [5.41, 5.74) is 1.25. The van der Waals surface area contributed by atoms with Crippen molar-refractivity contribution in [2.75, 3.05) is 14.1 Å². The van der Waals surface area contributed by atoms with Crippen LogP contribution in [-0.4, -0.2) is 14.1 Å². The van der Waals surface area contributed by atoms with Crippen LogP contribution in [-0.2, 0) is 6.54 Å². The Bertz CT molecular complexity index is 614. The van der Waals surface area contributed by atoms with Crippen molar-refractivity contribution in [1.82, 2.24) is 0 Å². The molecule has 2 rings (SSSR count). The highest BCUT2D eigenvalue weighted by atomic mass is 35.5. The molecule has 5 heteroatoms. The fraction of sp³-hybridized carbons (Fsp3) is 0.200. The highest BCUT2D eigenvalue weighted by Crippen LogP contribution is 2.37. The fourth-order valence-electron chi connectivity index (χ4n) is 1.82. The Morgan fingerprint density at radius 1 is 0.900 bits per heavy atom. The second-order valence-corrected chi connectivity index (χ2v) is 7.18. The summed E-state index contributed by atoms with van der Waals surface area (Å²) >= 11 is 20.0. The summed E-state index contributed by atoms with van der Waals surface area (Å²) in [5, 5.41) is 2.10. The van der Waals surface area contributed by atoms with E-state index in [0.717, 1.165) is 21.4 Å². The average Bonchev–Trinajstić information content (AvgIpc) is 2.37. The molecular formula is C15H15Cl3NS+. The Kier molecular flexibility index (Phi) is 5.65. The van der Waals surface area contributed by atoms with Crippen LogP contribution < -0.4 is 4.90 Å². The van der Waals surface area contributed by atoms with Crippen molar-refractivity contribution in [3.05, 3.63) is 57.0 Å². The van der Waals surface area contributed by atoms with E-state index in [9.17, 15) is 0 Å². The molecule has 0 heterocycles. The first-order chi connectivity index (χ1) is 9.45. The number of hydrogen-bond acceptors (Lipinski definition) is 1. The van der Waals surface area contributed by atoms with Crippen LogP contribution in [0.15, 0.2) is 46.2 Å². The van der Waals surface area contributed by atoms with Gasteiger partial charge in [-0.1, -0.05) is 52.6 Å². The third kappa shape index (κ3) is 4.31. The minimum absolute atomic E-state index is 0.679. The Hall–Kier alpha value is -0.380. The van der Waals surface area contributed by atoms with Gasteiger partial charge in [0.05, 0.1) is 19.1 Å². The molecule has 0 aliphatic rings. The number of benzene rings is 2. The van der Waals surface area contributed by atoms with Gasteiger partial charge in [0.2, 0.25) is 0 Å². The van der Waals surface area contributed by atoms with Crippen molar-refractivity contribution in [2.45, 2.75) is 16.3 Å². The van der Waals surface area contributed by atoms with Gasteiger partial charge in [0.15, 0.2) is 0 Å². The van der Waals surface area contributed by atoms with Crippen molar-refractivity contribution in [3.8, 4) is 0 Å². The summed E-state index contributed by atoms with van der Waals surface area (Å²) in [7, 11) is 4.24. The van der Waals surface area contributed by atoms with E-state index in [1.165, 1.54) is 10.5 Å². The number of halogens is 3. The van der Waals surface area contributed by atoms with E-state index in [4.69, 9.17) is 34.8 Å². The highest BCUT2D eigenvalue weighted by molar-refractivity contribution is 7.99. The Morgan fingerprint density at radius 2 is 1.50 bits per heavy atom. The molecule has 1 N–H and O–H groups in total. The van der Waals surface area contributed by atoms with Gasteiger partial charge in [0.1, 0.15) is 6.54 Å². The van der Waals surface area contributed by atoms with Crippen LogP contribution in [0.4, 0.5) is 0 Å². The summed E-state index contributed by atoms with van der Waals surface area (Å²) < 4.78 is 0. The zero-order valence-electron chi connectivity index (χ0n) is 11.2. The summed E-state index contributed by atoms with van der Waals surface area (Å²) in [4.78, 5) is 3.41. The molecule has 0 fully saturated rings. The summed E-state index contributed by atoms with van der Waals surface area (Å²) in [6.45, 7) is 0.928. The Morgan fingerprint density at radius 3 is 2.15 bits per heavy atom. The van der Waals surface area contributed by atoms with E-state index < -0.39 is 0 Å². The number of rotatable bonds is 4. The van der Waals surface area contributed by atoms with Crippen LogP contribution in [0.1, 0.15) is 5.56 Å². The predicted octanol–water partition coefficient (Wildman–Crippen LogP) is 4.44. The van der Waals surface area contributed by atoms with Crippen LogP contribution in [0.25, 0.3) is 0 Å². The lowest BCUT2D eigenvalue weighted by Gasteiger charge is -2.13. The van der Waals surface area contributed by atoms with Gasteiger partial charge in [-0.2, -0.15) is 0 Å². The molecule has 2 aromatic rings. The minimum Gasteiger partial charge on any atom is -0.336 e. The number of nitrogens with one attached hydrogen (secondary N) is 1. The van der Waals surface area contributed by atoms with Gasteiger partial charge < -0.3 is 4.90 Å². The molecule has 1 nitrogen and oxygen atoms in total. The quantitative estimate of drug-likeness (QED) is 0.856. The normalized spacial score (nSPS) is 11.1. The first-order valence-corrected chi connectivity index (χ1v) is 8.11. The highest BCUT2D eigenvalue weighted by Gasteiger charge is 2.11. The molecule has 0 radical (unpaired) electrons. The van der Waals surface area contributed by atoms with Crippen molar-refractivity contribution in [3.63, 3.8) is 0 Å². The lowest BCUT2D eigenvalue weighted by molar-refractivity contribution is -0.872. The van der Waals surface area contributed by atoms with E-state index in [2.05, 4.69) is 20.2 Å². The molecule has 0 saturated carbocycles. The zero-order chi connectivity index (χ0) is 14.7. The molecule has 20 heavy (non-hydrogen) atoms.